The highest BCUT2D eigenvalue weighted by atomic mass is 16.3. The molecule has 3 aromatic rings. The van der Waals surface area contributed by atoms with E-state index in [-0.39, 0.29) is 12.3 Å². The summed E-state index contributed by atoms with van der Waals surface area (Å²) >= 11 is 0. The normalized spacial score (nSPS) is 11.1. The van der Waals surface area contributed by atoms with Crippen molar-refractivity contribution >= 4 is 10.8 Å². The molecule has 0 aliphatic rings. The van der Waals surface area contributed by atoms with Crippen molar-refractivity contribution in [2.24, 2.45) is 5.73 Å². The van der Waals surface area contributed by atoms with E-state index in [2.05, 4.69) is 34.6 Å². The molecule has 0 aliphatic heterocycles. The van der Waals surface area contributed by atoms with E-state index in [1.807, 2.05) is 26.1 Å². The number of fused-ring (bicyclic) bond motifs is 1. The van der Waals surface area contributed by atoms with E-state index < -0.39 is 0 Å². The second-order valence-corrected chi connectivity index (χ2v) is 5.64. The number of pyridine rings is 1. The van der Waals surface area contributed by atoms with Gasteiger partial charge in [-0.1, -0.05) is 36.4 Å². The third-order valence-corrected chi connectivity index (χ3v) is 4.19. The molecule has 4 nitrogen and oxygen atoms in total. The van der Waals surface area contributed by atoms with Gasteiger partial charge in [0.1, 0.15) is 5.75 Å². The molecule has 0 atom stereocenters. The van der Waals surface area contributed by atoms with Gasteiger partial charge in [-0.15, -0.1) is 0 Å². The van der Waals surface area contributed by atoms with Gasteiger partial charge in [0.25, 0.3) is 0 Å². The summed E-state index contributed by atoms with van der Waals surface area (Å²) < 4.78 is 0. The van der Waals surface area contributed by atoms with Crippen molar-refractivity contribution in [3.8, 4) is 16.9 Å². The van der Waals surface area contributed by atoms with E-state index in [9.17, 15) is 5.11 Å². The Labute approximate surface area is 136 Å². The molecule has 1 aromatic heterocycles. The fraction of sp³-hybridized carbons (Fsp3) is 0.211. The molecule has 0 fully saturated rings. The summed E-state index contributed by atoms with van der Waals surface area (Å²) in [6.45, 7) is 2.96. The molecule has 0 aliphatic carbocycles. The van der Waals surface area contributed by atoms with E-state index >= 15 is 0 Å². The molecule has 0 unspecified atom stereocenters. The summed E-state index contributed by atoms with van der Waals surface area (Å²) in [5.41, 5.74) is 10.7. The van der Waals surface area contributed by atoms with Crippen LogP contribution in [-0.2, 0) is 13.1 Å². The Bertz CT molecular complexity index is 859. The number of benzene rings is 2. The van der Waals surface area contributed by atoms with Crippen molar-refractivity contribution in [2.45, 2.75) is 20.0 Å². The number of aromatic nitrogens is 1. The number of nitrogens with two attached hydrogens (primary N) is 1. The predicted octanol–water partition coefficient (Wildman–Crippen LogP) is 3.09. The maximum Gasteiger partial charge on any atom is 0.138 e. The fourth-order valence-electron chi connectivity index (χ4n) is 3.13. The van der Waals surface area contributed by atoms with E-state index in [0.29, 0.717) is 0 Å². The first-order valence-electron chi connectivity index (χ1n) is 7.70. The molecule has 0 radical (unpaired) electrons. The highest BCUT2D eigenvalue weighted by molar-refractivity contribution is 5.99. The molecule has 23 heavy (non-hydrogen) atoms. The summed E-state index contributed by atoms with van der Waals surface area (Å²) in [6.07, 6.45) is 1.48. The number of hydrogen-bond donors (Lipinski definition) is 3. The summed E-state index contributed by atoms with van der Waals surface area (Å²) in [5.74, 6) is 0.149. The molecule has 118 valence electrons. The Morgan fingerprint density at radius 3 is 2.65 bits per heavy atom. The topological polar surface area (TPSA) is 71.2 Å². The van der Waals surface area contributed by atoms with Crippen molar-refractivity contribution in [1.29, 1.82) is 0 Å². The molecule has 3 rings (SSSR count). The van der Waals surface area contributed by atoms with E-state index in [1.165, 1.54) is 6.20 Å². The molecule has 4 N–H and O–H groups in total. The van der Waals surface area contributed by atoms with Crippen molar-refractivity contribution in [1.82, 2.24) is 10.3 Å². The average Bonchev–Trinajstić information content (AvgIpc) is 2.57. The molecule has 1 heterocycles. The molecule has 0 saturated carbocycles. The quantitative estimate of drug-likeness (QED) is 0.692. The molecule has 2 aromatic carbocycles. The largest absolute Gasteiger partial charge is 0.506 e. The van der Waals surface area contributed by atoms with Crippen LogP contribution in [0.5, 0.6) is 5.75 Å². The number of aryl methyl sites for hydroxylation is 1. The van der Waals surface area contributed by atoms with Gasteiger partial charge in [-0.3, -0.25) is 4.98 Å². The van der Waals surface area contributed by atoms with Crippen LogP contribution in [0.1, 0.15) is 16.8 Å². The molecule has 4 heteroatoms. The molecular weight excluding hydrogens is 286 g/mol. The molecular formula is C19H21N3O. The maximum atomic E-state index is 10.2. The zero-order valence-electron chi connectivity index (χ0n) is 13.4. The lowest BCUT2D eigenvalue weighted by molar-refractivity contribution is 0.465. The van der Waals surface area contributed by atoms with Gasteiger partial charge in [-0.05, 0) is 35.9 Å². The van der Waals surface area contributed by atoms with Crippen molar-refractivity contribution in [3.63, 3.8) is 0 Å². The number of nitrogens with one attached hydrogen (secondary N) is 1. The minimum Gasteiger partial charge on any atom is -0.506 e. The van der Waals surface area contributed by atoms with Crippen LogP contribution < -0.4 is 11.1 Å². The third kappa shape index (κ3) is 2.67. The SMILES string of the molecule is CNCc1ccc2ccccc2c1-c1c(C)ncc(O)c1CN. The van der Waals surface area contributed by atoms with Gasteiger partial charge in [0, 0.05) is 29.9 Å². The Balaban J connectivity index is 2.44. The zero-order chi connectivity index (χ0) is 16.4. The lowest BCUT2D eigenvalue weighted by Gasteiger charge is -2.18. The lowest BCUT2D eigenvalue weighted by Crippen LogP contribution is -2.09. The minimum absolute atomic E-state index is 0.149. The van der Waals surface area contributed by atoms with Crippen LogP contribution in [0.15, 0.2) is 42.6 Å². The Morgan fingerprint density at radius 1 is 1.13 bits per heavy atom. The summed E-state index contributed by atoms with van der Waals surface area (Å²) in [4.78, 5) is 4.35. The Hall–Kier alpha value is -2.43. The fourth-order valence-corrected chi connectivity index (χ4v) is 3.13. The molecule has 0 saturated heterocycles. The standard InChI is InChI=1S/C19H21N3O/c1-12-18(16(9-20)17(23)11-22-12)19-14(10-21-2)8-7-13-5-3-4-6-15(13)19/h3-8,11,21,23H,9-10,20H2,1-2H3. The smallest absolute Gasteiger partial charge is 0.138 e. The third-order valence-electron chi connectivity index (χ3n) is 4.19. The van der Waals surface area contributed by atoms with Crippen LogP contribution >= 0.6 is 0 Å². The van der Waals surface area contributed by atoms with Crippen LogP contribution in [0.3, 0.4) is 0 Å². The Morgan fingerprint density at radius 2 is 1.91 bits per heavy atom. The first kappa shape index (κ1) is 15.5. The van der Waals surface area contributed by atoms with E-state index in [0.717, 1.165) is 45.3 Å². The monoisotopic (exact) mass is 307 g/mol. The van der Waals surface area contributed by atoms with Crippen LogP contribution in [0.4, 0.5) is 0 Å². The average molecular weight is 307 g/mol. The lowest BCUT2D eigenvalue weighted by atomic mass is 9.89. The van der Waals surface area contributed by atoms with Crippen molar-refractivity contribution in [3.05, 3.63) is 59.4 Å². The van der Waals surface area contributed by atoms with Crippen molar-refractivity contribution < 1.29 is 5.11 Å². The molecule has 0 amide bonds. The first-order chi connectivity index (χ1) is 11.2. The van der Waals surface area contributed by atoms with Gasteiger partial charge in [-0.2, -0.15) is 0 Å². The first-order valence-corrected chi connectivity index (χ1v) is 7.70. The second-order valence-electron chi connectivity index (χ2n) is 5.64. The van der Waals surface area contributed by atoms with Gasteiger partial charge in [-0.25, -0.2) is 0 Å². The molecule has 0 spiro atoms. The summed E-state index contributed by atoms with van der Waals surface area (Å²) in [5, 5.41) is 15.7. The van der Waals surface area contributed by atoms with E-state index in [1.54, 1.807) is 0 Å². The van der Waals surface area contributed by atoms with Crippen LogP contribution in [0, 0.1) is 6.92 Å². The van der Waals surface area contributed by atoms with Gasteiger partial charge in [0.15, 0.2) is 0 Å². The number of aromatic hydroxyl groups is 1. The summed E-state index contributed by atoms with van der Waals surface area (Å²) in [7, 11) is 1.93. The number of rotatable bonds is 4. The van der Waals surface area contributed by atoms with Crippen LogP contribution in [0.2, 0.25) is 0 Å². The number of nitrogens with zero attached hydrogens (tertiary/aromatic N) is 1. The maximum absolute atomic E-state index is 10.2. The van der Waals surface area contributed by atoms with Gasteiger partial charge < -0.3 is 16.2 Å². The van der Waals surface area contributed by atoms with E-state index in [4.69, 9.17) is 5.73 Å². The minimum atomic E-state index is 0.149. The van der Waals surface area contributed by atoms with Crippen LogP contribution in [0.25, 0.3) is 21.9 Å². The molecule has 0 bridgehead atoms. The van der Waals surface area contributed by atoms with Gasteiger partial charge in [0.05, 0.1) is 6.20 Å². The number of hydrogen-bond acceptors (Lipinski definition) is 4. The second kappa shape index (κ2) is 6.36. The summed E-state index contributed by atoms with van der Waals surface area (Å²) in [6, 6.07) is 12.5. The zero-order valence-corrected chi connectivity index (χ0v) is 13.4. The Kier molecular flexibility index (Phi) is 4.28. The predicted molar refractivity (Wildman–Crippen MR) is 94.2 cm³/mol. The van der Waals surface area contributed by atoms with Crippen molar-refractivity contribution in [2.75, 3.05) is 7.05 Å². The van der Waals surface area contributed by atoms with Gasteiger partial charge in [0.2, 0.25) is 0 Å². The highest BCUT2D eigenvalue weighted by Crippen LogP contribution is 2.38. The highest BCUT2D eigenvalue weighted by Gasteiger charge is 2.18. The van der Waals surface area contributed by atoms with Gasteiger partial charge >= 0.3 is 0 Å². The van der Waals surface area contributed by atoms with Crippen LogP contribution in [-0.4, -0.2) is 17.1 Å².